The molecule has 0 atom stereocenters. The molecular weight excluding hydrogens is 1720 g/mol. The van der Waals surface area contributed by atoms with Crippen LogP contribution >= 0.6 is 0 Å². The third kappa shape index (κ3) is 12.8. The fourth-order valence-corrected chi connectivity index (χ4v) is 23.6. The van der Waals surface area contributed by atoms with Gasteiger partial charge in [-0.25, -0.2) is 0 Å². The molecule has 0 spiro atoms. The molecule has 0 N–H and O–H groups in total. The first-order chi connectivity index (χ1) is 70.4. The average Bonchev–Trinajstić information content (AvgIpc) is 1.57. The van der Waals surface area contributed by atoms with Gasteiger partial charge in [-0.15, -0.1) is 0 Å². The number of aromatic nitrogens is 6. The molecule has 0 radical (unpaired) electrons. The Morgan fingerprint density at radius 2 is 0.282 bits per heavy atom. The van der Waals surface area contributed by atoms with Crippen LogP contribution in [0.15, 0.2) is 522 Å². The van der Waals surface area contributed by atoms with E-state index in [4.69, 9.17) is 0 Å². The predicted molar refractivity (Wildman–Crippen MR) is 602 cm³/mol. The molecular formula is C136H86N6. The van der Waals surface area contributed by atoms with Gasteiger partial charge < -0.3 is 27.4 Å². The van der Waals surface area contributed by atoms with Gasteiger partial charge >= 0.3 is 0 Å². The Hall–Kier alpha value is -18.9. The highest BCUT2D eigenvalue weighted by atomic mass is 15.0. The van der Waals surface area contributed by atoms with E-state index in [0.717, 1.165) is 34.1 Å². The zero-order valence-corrected chi connectivity index (χ0v) is 77.3. The molecule has 660 valence electrons. The topological polar surface area (TPSA) is 29.6 Å². The summed E-state index contributed by atoms with van der Waals surface area (Å²) in [5.74, 6) is 0. The Labute approximate surface area is 818 Å². The molecule has 0 unspecified atom stereocenters. The summed E-state index contributed by atoms with van der Waals surface area (Å²) >= 11 is 0. The van der Waals surface area contributed by atoms with Crippen LogP contribution in [0.5, 0.6) is 0 Å². The fourth-order valence-electron chi connectivity index (χ4n) is 23.6. The monoisotopic (exact) mass is 1800 g/mol. The van der Waals surface area contributed by atoms with Crippen LogP contribution in [0.2, 0.25) is 0 Å². The standard InChI is InChI=1S/2C68H43N3/c1-3-19-50(20-4-1)69-64-35-29-46(39-59(64)61-41-48(31-37-65(61)69)55-26-13-17-44-15-7-9-23-53(44)55)47-30-36-66-60(40-47)62-42-49(56-27-14-18-45-16-8-10-24-54(45)56)32-38-67(62)71(66)52-33-34-58-57-25-11-12-28-63(57)70(68(58)43-52)51-21-5-2-6-22-51;1-3-19-50(20-4-1)69-63-28-12-11-25-57(63)62-43-52(33-38-68(62)69)71-66-35-30-47(40-59(66)61-42-49(32-37-67(61)71)56-27-14-18-45-16-8-10-24-54(45)56)46-29-34-64-58(39-46)60-41-48(55-26-13-17-44-15-7-9-23-53(44)55)31-36-65(60)70(64)51-21-5-2-6-22-51/h2*1-43H. The van der Waals surface area contributed by atoms with E-state index in [-0.39, 0.29) is 0 Å². The number of rotatable bonds is 12. The minimum Gasteiger partial charge on any atom is -0.309 e. The lowest BCUT2D eigenvalue weighted by Gasteiger charge is -2.12. The minimum absolute atomic E-state index is 1.13. The molecule has 6 nitrogen and oxygen atoms in total. The minimum atomic E-state index is 1.13. The molecule has 0 aliphatic rings. The summed E-state index contributed by atoms with van der Waals surface area (Å²) in [7, 11) is 0. The quantitative estimate of drug-likeness (QED) is 0.117. The van der Waals surface area contributed by atoms with Gasteiger partial charge in [-0.05, 0) is 298 Å². The van der Waals surface area contributed by atoms with Crippen molar-refractivity contribution in [1.82, 2.24) is 27.4 Å². The van der Waals surface area contributed by atoms with Crippen molar-refractivity contribution in [1.29, 1.82) is 0 Å². The van der Waals surface area contributed by atoms with E-state index in [1.807, 2.05) is 0 Å². The second-order valence-electron chi connectivity index (χ2n) is 37.8. The Morgan fingerprint density at radius 3 is 0.585 bits per heavy atom. The van der Waals surface area contributed by atoms with E-state index in [2.05, 4.69) is 549 Å². The first-order valence-corrected chi connectivity index (χ1v) is 49.0. The van der Waals surface area contributed by atoms with E-state index in [0.29, 0.717) is 0 Å². The van der Waals surface area contributed by atoms with Gasteiger partial charge in [0.05, 0.1) is 66.2 Å². The number of fused-ring (bicyclic) bond motifs is 22. The van der Waals surface area contributed by atoms with Crippen molar-refractivity contribution in [3.05, 3.63) is 522 Å². The number of hydrogen-bond acceptors (Lipinski definition) is 0. The molecule has 0 amide bonds. The molecule has 0 fully saturated rings. The lowest BCUT2D eigenvalue weighted by Crippen LogP contribution is -1.97. The summed E-state index contributed by atoms with van der Waals surface area (Å²) < 4.78 is 14.6. The fraction of sp³-hybridized carbons (Fsp3) is 0. The summed E-state index contributed by atoms with van der Waals surface area (Å²) in [5, 5.41) is 24.8. The van der Waals surface area contributed by atoms with Gasteiger partial charge in [0.25, 0.3) is 0 Å². The van der Waals surface area contributed by atoms with Crippen LogP contribution in [0.1, 0.15) is 0 Å². The van der Waals surface area contributed by atoms with Gasteiger partial charge in [0, 0.05) is 98.8 Å². The van der Waals surface area contributed by atoms with E-state index in [1.165, 1.54) is 241 Å². The average molecular weight is 1800 g/mol. The Kier molecular flexibility index (Phi) is 18.3. The van der Waals surface area contributed by atoms with Gasteiger partial charge in [0.2, 0.25) is 0 Å². The molecule has 0 bridgehead atoms. The van der Waals surface area contributed by atoms with E-state index in [9.17, 15) is 0 Å². The summed E-state index contributed by atoms with van der Waals surface area (Å²) in [6.07, 6.45) is 0. The maximum Gasteiger partial charge on any atom is 0.0561 e. The highest BCUT2D eigenvalue weighted by Crippen LogP contribution is 2.48. The molecule has 6 heterocycles. The maximum atomic E-state index is 2.47. The lowest BCUT2D eigenvalue weighted by molar-refractivity contribution is 1.15. The summed E-state index contributed by atoms with van der Waals surface area (Å²) in [4.78, 5) is 0. The van der Waals surface area contributed by atoms with Crippen LogP contribution in [0, 0.1) is 0 Å². The maximum absolute atomic E-state index is 2.47. The van der Waals surface area contributed by atoms with Crippen molar-refractivity contribution in [2.75, 3.05) is 0 Å². The van der Waals surface area contributed by atoms with Crippen molar-refractivity contribution in [3.8, 4) is 101 Å². The molecule has 0 saturated heterocycles. The SMILES string of the molecule is c1ccc(-n2c3ccc(-c4ccc5c(c4)c4cc(-c6cccc7ccccc67)ccc4n5-c4ccc5c(c4)c4ccccc4n5-c4ccccc4)cc3c3cc(-c4cccc5ccccc45)ccc32)cc1.c1ccc(-n2c3ccc(-c4ccc5c(c4)c4cc(-c6cccc7ccccc67)ccc4n5-c4ccc5c6ccccc6n(-c6ccccc6)c5c4)cc3c3cc(-c4cccc5ccccc45)ccc32)cc1. The largest absolute Gasteiger partial charge is 0.309 e. The smallest absolute Gasteiger partial charge is 0.0561 e. The molecule has 30 aromatic rings. The second kappa shape index (κ2) is 32.4. The molecule has 30 rings (SSSR count). The molecule has 142 heavy (non-hydrogen) atoms. The first-order valence-electron chi connectivity index (χ1n) is 49.0. The van der Waals surface area contributed by atoms with Gasteiger partial charge in [0.15, 0.2) is 0 Å². The molecule has 24 aromatic carbocycles. The van der Waals surface area contributed by atoms with Gasteiger partial charge in [-0.1, -0.05) is 334 Å². The van der Waals surface area contributed by atoms with Crippen LogP contribution in [0.3, 0.4) is 0 Å². The summed E-state index contributed by atoms with van der Waals surface area (Å²) in [5.41, 5.74) is 35.6. The van der Waals surface area contributed by atoms with Crippen LogP contribution in [-0.4, -0.2) is 27.4 Å². The number of benzene rings is 24. The summed E-state index contributed by atoms with van der Waals surface area (Å²) in [6, 6.07) is 192. The van der Waals surface area contributed by atoms with Crippen molar-refractivity contribution in [3.63, 3.8) is 0 Å². The highest BCUT2D eigenvalue weighted by Gasteiger charge is 2.26. The molecule has 6 aromatic heterocycles. The van der Waals surface area contributed by atoms with Crippen LogP contribution in [0.25, 0.3) is 275 Å². The Bertz CT molecular complexity index is 10400. The van der Waals surface area contributed by atoms with Crippen LogP contribution in [0.4, 0.5) is 0 Å². The van der Waals surface area contributed by atoms with Crippen molar-refractivity contribution in [2.45, 2.75) is 0 Å². The van der Waals surface area contributed by atoms with E-state index >= 15 is 0 Å². The molecule has 0 aliphatic heterocycles. The zero-order chi connectivity index (χ0) is 93.1. The van der Waals surface area contributed by atoms with E-state index in [1.54, 1.807) is 0 Å². The molecule has 0 aliphatic carbocycles. The van der Waals surface area contributed by atoms with E-state index < -0.39 is 0 Å². The Morgan fingerprint density at radius 1 is 0.0915 bits per heavy atom. The van der Waals surface area contributed by atoms with Crippen molar-refractivity contribution >= 4 is 174 Å². The number of para-hydroxylation sites is 6. The number of nitrogens with zero attached hydrogens (tertiary/aromatic N) is 6. The predicted octanol–water partition coefficient (Wildman–Crippen LogP) is 36.6. The zero-order valence-electron chi connectivity index (χ0n) is 77.3. The lowest BCUT2D eigenvalue weighted by atomic mass is 9.96. The third-order valence-corrected chi connectivity index (χ3v) is 30.0. The third-order valence-electron chi connectivity index (χ3n) is 30.0. The van der Waals surface area contributed by atoms with Gasteiger partial charge in [-0.2, -0.15) is 0 Å². The summed E-state index contributed by atoms with van der Waals surface area (Å²) in [6.45, 7) is 0. The molecule has 0 saturated carbocycles. The molecule has 6 heteroatoms. The Balaban J connectivity index is 0.000000136. The normalized spacial score (nSPS) is 11.9. The highest BCUT2D eigenvalue weighted by molar-refractivity contribution is 6.20. The van der Waals surface area contributed by atoms with Crippen LogP contribution < -0.4 is 0 Å². The van der Waals surface area contributed by atoms with Crippen LogP contribution in [-0.2, 0) is 0 Å². The van der Waals surface area contributed by atoms with Crippen molar-refractivity contribution in [2.24, 2.45) is 0 Å². The second-order valence-corrected chi connectivity index (χ2v) is 37.8. The van der Waals surface area contributed by atoms with Crippen molar-refractivity contribution < 1.29 is 0 Å². The van der Waals surface area contributed by atoms with Gasteiger partial charge in [-0.3, -0.25) is 0 Å². The van der Waals surface area contributed by atoms with Gasteiger partial charge in [0.1, 0.15) is 0 Å². The number of hydrogen-bond donors (Lipinski definition) is 0. The first kappa shape index (κ1) is 80.4.